The fourth-order valence-corrected chi connectivity index (χ4v) is 1.37. The third-order valence-corrected chi connectivity index (χ3v) is 2.09. The molecule has 0 aliphatic carbocycles. The predicted octanol–water partition coefficient (Wildman–Crippen LogP) is 2.44. The fraction of sp³-hybridized carbons (Fsp3) is 0.333. The van der Waals surface area contributed by atoms with Crippen LogP contribution in [-0.4, -0.2) is 4.92 Å². The maximum absolute atomic E-state index is 10.7. The summed E-state index contributed by atoms with van der Waals surface area (Å²) in [5.74, 6) is 0. The van der Waals surface area contributed by atoms with E-state index >= 15 is 0 Å². The zero-order valence-electron chi connectivity index (χ0n) is 7.95. The van der Waals surface area contributed by atoms with Crippen LogP contribution in [0.1, 0.15) is 19.4 Å². The Labute approximate surface area is 86.8 Å². The van der Waals surface area contributed by atoms with E-state index in [1.807, 2.05) is 0 Å². The Balaban J connectivity index is 3.37. The van der Waals surface area contributed by atoms with Crippen molar-refractivity contribution in [2.75, 3.05) is 0 Å². The van der Waals surface area contributed by atoms with Gasteiger partial charge in [0, 0.05) is 22.2 Å². The molecule has 1 rings (SSSR count). The number of rotatable bonds is 2. The molecule has 1 aromatic carbocycles. The Kier molecular flexibility index (Phi) is 2.78. The Bertz CT molecular complexity index is 372. The highest BCUT2D eigenvalue weighted by atomic mass is 35.5. The summed E-state index contributed by atoms with van der Waals surface area (Å²) in [5.41, 5.74) is 5.50. The van der Waals surface area contributed by atoms with Crippen LogP contribution in [0.4, 0.5) is 5.69 Å². The zero-order valence-corrected chi connectivity index (χ0v) is 8.71. The van der Waals surface area contributed by atoms with Crippen LogP contribution in [0, 0.1) is 10.1 Å². The molecule has 0 unspecified atom stereocenters. The summed E-state index contributed by atoms with van der Waals surface area (Å²) in [6, 6.07) is 4.49. The molecule has 0 heterocycles. The lowest BCUT2D eigenvalue weighted by Gasteiger charge is -2.18. The van der Waals surface area contributed by atoms with Gasteiger partial charge in [-0.25, -0.2) is 0 Å². The lowest BCUT2D eigenvalue weighted by atomic mass is 9.94. The molecule has 2 N–H and O–H groups in total. The Morgan fingerprint density at radius 1 is 1.50 bits per heavy atom. The van der Waals surface area contributed by atoms with Crippen LogP contribution in [-0.2, 0) is 5.54 Å². The van der Waals surface area contributed by atoms with Crippen molar-refractivity contribution < 1.29 is 4.92 Å². The van der Waals surface area contributed by atoms with Gasteiger partial charge in [0.1, 0.15) is 0 Å². The molecule has 0 aliphatic heterocycles. The molecule has 0 fully saturated rings. The minimum absolute atomic E-state index is 0.0370. The van der Waals surface area contributed by atoms with Crippen molar-refractivity contribution in [3.05, 3.63) is 38.9 Å². The van der Waals surface area contributed by atoms with Crippen molar-refractivity contribution in [2.24, 2.45) is 5.73 Å². The van der Waals surface area contributed by atoms with Crippen molar-refractivity contribution in [3.63, 3.8) is 0 Å². The second-order valence-electron chi connectivity index (χ2n) is 3.64. The average molecular weight is 215 g/mol. The largest absolute Gasteiger partial charge is 0.322 e. The molecule has 14 heavy (non-hydrogen) atoms. The Morgan fingerprint density at radius 3 is 2.50 bits per heavy atom. The van der Waals surface area contributed by atoms with Gasteiger partial charge in [-0.3, -0.25) is 10.1 Å². The number of halogens is 1. The second kappa shape index (κ2) is 3.55. The summed E-state index contributed by atoms with van der Waals surface area (Å²) < 4.78 is 0. The molecule has 0 saturated carbocycles. The highest BCUT2D eigenvalue weighted by Crippen LogP contribution is 2.29. The highest BCUT2D eigenvalue weighted by molar-refractivity contribution is 6.30. The van der Waals surface area contributed by atoms with Crippen molar-refractivity contribution in [3.8, 4) is 0 Å². The predicted molar refractivity (Wildman–Crippen MR) is 55.3 cm³/mol. The van der Waals surface area contributed by atoms with Crippen molar-refractivity contribution in [1.29, 1.82) is 0 Å². The van der Waals surface area contributed by atoms with Gasteiger partial charge in [0.15, 0.2) is 0 Å². The molecule has 5 heteroatoms. The van der Waals surface area contributed by atoms with Crippen molar-refractivity contribution >= 4 is 17.3 Å². The molecule has 0 spiro atoms. The second-order valence-corrected chi connectivity index (χ2v) is 4.08. The fourth-order valence-electron chi connectivity index (χ4n) is 1.20. The Morgan fingerprint density at radius 2 is 2.07 bits per heavy atom. The van der Waals surface area contributed by atoms with Crippen LogP contribution in [0.25, 0.3) is 0 Å². The maximum atomic E-state index is 10.7. The summed E-state index contributed by atoms with van der Waals surface area (Å²) in [5, 5.41) is 11.0. The van der Waals surface area contributed by atoms with E-state index in [1.165, 1.54) is 6.07 Å². The minimum Gasteiger partial charge on any atom is -0.322 e. The van der Waals surface area contributed by atoms with Gasteiger partial charge in [-0.1, -0.05) is 11.6 Å². The number of benzene rings is 1. The molecule has 0 aromatic heterocycles. The Hall–Kier alpha value is -1.13. The van der Waals surface area contributed by atoms with E-state index in [2.05, 4.69) is 0 Å². The molecular weight excluding hydrogens is 204 g/mol. The maximum Gasteiger partial charge on any atom is 0.275 e. The van der Waals surface area contributed by atoms with Gasteiger partial charge in [-0.15, -0.1) is 0 Å². The number of nitrogens with two attached hydrogens (primary N) is 1. The minimum atomic E-state index is -0.743. The smallest absolute Gasteiger partial charge is 0.275 e. The molecule has 0 amide bonds. The van der Waals surface area contributed by atoms with E-state index in [-0.39, 0.29) is 5.69 Å². The van der Waals surface area contributed by atoms with Gasteiger partial charge >= 0.3 is 0 Å². The molecule has 4 nitrogen and oxygen atoms in total. The molecule has 0 saturated heterocycles. The summed E-state index contributed by atoms with van der Waals surface area (Å²) in [7, 11) is 0. The standard InChI is InChI=1S/C9H11ClN2O2/c1-9(2,11)7-4-3-6(10)5-8(7)12(13)14/h3-5H,11H2,1-2H3. The average Bonchev–Trinajstić information content (AvgIpc) is 2.01. The third kappa shape index (κ3) is 2.21. The lowest BCUT2D eigenvalue weighted by Crippen LogP contribution is -2.29. The van der Waals surface area contributed by atoms with E-state index in [1.54, 1.807) is 26.0 Å². The van der Waals surface area contributed by atoms with Crippen LogP contribution < -0.4 is 5.73 Å². The number of nitro groups is 1. The van der Waals surface area contributed by atoms with Crippen LogP contribution in [0.3, 0.4) is 0 Å². The molecule has 76 valence electrons. The molecule has 0 aliphatic rings. The van der Waals surface area contributed by atoms with E-state index in [4.69, 9.17) is 17.3 Å². The van der Waals surface area contributed by atoms with E-state index < -0.39 is 10.5 Å². The first-order valence-corrected chi connectivity index (χ1v) is 4.43. The van der Waals surface area contributed by atoms with Gasteiger partial charge in [0.05, 0.1) is 4.92 Å². The zero-order chi connectivity index (χ0) is 10.9. The van der Waals surface area contributed by atoms with Crippen LogP contribution in [0.5, 0.6) is 0 Å². The van der Waals surface area contributed by atoms with Gasteiger partial charge in [-0.05, 0) is 26.0 Å². The molecule has 1 aromatic rings. The molecular formula is C9H11ClN2O2. The normalized spacial score (nSPS) is 11.4. The quantitative estimate of drug-likeness (QED) is 0.607. The van der Waals surface area contributed by atoms with E-state index in [0.29, 0.717) is 10.6 Å². The number of hydrogen-bond acceptors (Lipinski definition) is 3. The van der Waals surface area contributed by atoms with Gasteiger partial charge in [-0.2, -0.15) is 0 Å². The van der Waals surface area contributed by atoms with E-state index in [0.717, 1.165) is 0 Å². The number of hydrogen-bond donors (Lipinski definition) is 1. The monoisotopic (exact) mass is 214 g/mol. The molecule has 0 bridgehead atoms. The number of nitro benzene ring substituents is 1. The molecule has 0 radical (unpaired) electrons. The van der Waals surface area contributed by atoms with Gasteiger partial charge < -0.3 is 5.73 Å². The first-order chi connectivity index (χ1) is 6.32. The molecule has 0 atom stereocenters. The van der Waals surface area contributed by atoms with Gasteiger partial charge in [0.25, 0.3) is 5.69 Å². The SMILES string of the molecule is CC(C)(N)c1ccc(Cl)cc1[N+](=O)[O-]. The van der Waals surface area contributed by atoms with Crippen LogP contribution in [0.15, 0.2) is 18.2 Å². The lowest BCUT2D eigenvalue weighted by molar-refractivity contribution is -0.386. The first kappa shape index (κ1) is 10.9. The highest BCUT2D eigenvalue weighted by Gasteiger charge is 2.25. The first-order valence-electron chi connectivity index (χ1n) is 4.05. The summed E-state index contributed by atoms with van der Waals surface area (Å²) in [4.78, 5) is 10.2. The van der Waals surface area contributed by atoms with Crippen molar-refractivity contribution in [2.45, 2.75) is 19.4 Å². The van der Waals surface area contributed by atoms with Crippen molar-refractivity contribution in [1.82, 2.24) is 0 Å². The van der Waals surface area contributed by atoms with Gasteiger partial charge in [0.2, 0.25) is 0 Å². The summed E-state index contributed by atoms with van der Waals surface area (Å²) in [6.07, 6.45) is 0. The number of nitrogens with zero attached hydrogens (tertiary/aromatic N) is 1. The van der Waals surface area contributed by atoms with Crippen LogP contribution in [0.2, 0.25) is 5.02 Å². The summed E-state index contributed by atoms with van der Waals surface area (Å²) >= 11 is 5.67. The summed E-state index contributed by atoms with van der Waals surface area (Å²) in [6.45, 7) is 3.42. The van der Waals surface area contributed by atoms with Crippen LogP contribution >= 0.6 is 11.6 Å². The van der Waals surface area contributed by atoms with E-state index in [9.17, 15) is 10.1 Å². The third-order valence-electron chi connectivity index (χ3n) is 1.85. The topological polar surface area (TPSA) is 69.2 Å².